The summed E-state index contributed by atoms with van der Waals surface area (Å²) in [4.78, 5) is 10.8. The Morgan fingerprint density at radius 3 is 3.12 bits per heavy atom. The number of allylic oxidation sites excluding steroid dienone is 2. The van der Waals surface area contributed by atoms with E-state index in [0.29, 0.717) is 0 Å². The lowest BCUT2D eigenvalue weighted by atomic mass is 9.80. The Hall–Kier alpha value is -1.13. The summed E-state index contributed by atoms with van der Waals surface area (Å²) < 4.78 is 10.4. The fourth-order valence-electron chi connectivity index (χ4n) is 2.42. The van der Waals surface area contributed by atoms with Crippen LogP contribution in [-0.4, -0.2) is 30.1 Å². The second-order valence-corrected chi connectivity index (χ2v) is 4.67. The van der Waals surface area contributed by atoms with Crippen molar-refractivity contribution in [1.82, 2.24) is 0 Å². The zero-order valence-electron chi connectivity index (χ0n) is 10.2. The van der Waals surface area contributed by atoms with E-state index in [1.54, 1.807) is 6.08 Å². The average molecular weight is 238 g/mol. The molecule has 4 heteroatoms. The number of aliphatic hydroxyl groups excluding tert-OH is 1. The molecule has 1 N–H and O–H groups in total. The van der Waals surface area contributed by atoms with Crippen molar-refractivity contribution in [2.24, 2.45) is 5.92 Å². The molecular weight excluding hydrogens is 220 g/mol. The van der Waals surface area contributed by atoms with E-state index in [2.05, 4.69) is 13.0 Å². The Labute approximate surface area is 101 Å². The number of rotatable bonds is 2. The fraction of sp³-hybridized carbons (Fsp3) is 0.615. The largest absolute Gasteiger partial charge is 0.463 e. The Morgan fingerprint density at radius 1 is 1.65 bits per heavy atom. The minimum atomic E-state index is -0.881. The predicted molar refractivity (Wildman–Crippen MR) is 62.1 cm³/mol. The van der Waals surface area contributed by atoms with Crippen LogP contribution in [0.15, 0.2) is 23.3 Å². The van der Waals surface area contributed by atoms with Gasteiger partial charge in [-0.15, -0.1) is 0 Å². The van der Waals surface area contributed by atoms with Gasteiger partial charge in [0.15, 0.2) is 6.29 Å². The molecule has 0 aromatic rings. The molecular formula is C13H18O4. The fourth-order valence-corrected chi connectivity index (χ4v) is 2.42. The molecule has 0 aromatic carbocycles. The summed E-state index contributed by atoms with van der Waals surface area (Å²) in [6.07, 6.45) is 4.57. The van der Waals surface area contributed by atoms with Crippen molar-refractivity contribution in [1.29, 1.82) is 0 Å². The summed E-state index contributed by atoms with van der Waals surface area (Å²) in [5.74, 6) is -0.0926. The van der Waals surface area contributed by atoms with Gasteiger partial charge in [0.05, 0.1) is 0 Å². The van der Waals surface area contributed by atoms with Gasteiger partial charge in [0.1, 0.15) is 12.7 Å². The number of fused-ring (bicyclic) bond motifs is 1. The minimum Gasteiger partial charge on any atom is -0.463 e. The van der Waals surface area contributed by atoms with Gasteiger partial charge in [-0.3, -0.25) is 4.79 Å². The van der Waals surface area contributed by atoms with Crippen LogP contribution >= 0.6 is 0 Å². The summed E-state index contributed by atoms with van der Waals surface area (Å²) in [7, 11) is 0. The van der Waals surface area contributed by atoms with Crippen molar-refractivity contribution in [3.05, 3.63) is 23.3 Å². The first-order valence-corrected chi connectivity index (χ1v) is 5.89. The highest BCUT2D eigenvalue weighted by molar-refractivity contribution is 5.65. The van der Waals surface area contributed by atoms with Crippen molar-refractivity contribution in [3.8, 4) is 0 Å². The second kappa shape index (κ2) is 5.02. The van der Waals surface area contributed by atoms with E-state index in [4.69, 9.17) is 9.47 Å². The third kappa shape index (κ3) is 2.96. The second-order valence-electron chi connectivity index (χ2n) is 4.67. The molecule has 3 atom stereocenters. The topological polar surface area (TPSA) is 55.8 Å². The minimum absolute atomic E-state index is 0.210. The molecule has 17 heavy (non-hydrogen) atoms. The van der Waals surface area contributed by atoms with E-state index in [0.717, 1.165) is 12.8 Å². The van der Waals surface area contributed by atoms with Gasteiger partial charge in [-0.25, -0.2) is 0 Å². The molecule has 0 bridgehead atoms. The molecule has 0 amide bonds. The van der Waals surface area contributed by atoms with E-state index in [1.807, 2.05) is 0 Å². The van der Waals surface area contributed by atoms with Gasteiger partial charge >= 0.3 is 5.97 Å². The SMILES string of the molecule is CC(=O)OC[C@H]1OC(O)C=C2CC=C(C)C[C@@H]21. The Bertz CT molecular complexity index is 370. The lowest BCUT2D eigenvalue weighted by molar-refractivity contribution is -0.165. The lowest BCUT2D eigenvalue weighted by Crippen LogP contribution is -2.39. The van der Waals surface area contributed by atoms with E-state index in [9.17, 15) is 9.90 Å². The summed E-state index contributed by atoms with van der Waals surface area (Å²) >= 11 is 0. The van der Waals surface area contributed by atoms with Gasteiger partial charge < -0.3 is 14.6 Å². The quantitative estimate of drug-likeness (QED) is 0.586. The van der Waals surface area contributed by atoms with E-state index >= 15 is 0 Å². The zero-order valence-corrected chi connectivity index (χ0v) is 10.2. The van der Waals surface area contributed by atoms with Crippen molar-refractivity contribution in [3.63, 3.8) is 0 Å². The first-order chi connectivity index (χ1) is 8.06. The van der Waals surface area contributed by atoms with Crippen LogP contribution in [-0.2, 0) is 14.3 Å². The monoisotopic (exact) mass is 238 g/mol. The van der Waals surface area contributed by atoms with Crippen LogP contribution in [0, 0.1) is 5.92 Å². The molecule has 0 saturated heterocycles. The maximum absolute atomic E-state index is 10.8. The Morgan fingerprint density at radius 2 is 2.41 bits per heavy atom. The highest BCUT2D eigenvalue weighted by Crippen LogP contribution is 2.36. The standard InChI is InChI=1S/C13H18O4/c1-8-3-4-10-6-13(15)17-12(11(10)5-8)7-16-9(2)14/h3,6,11-13,15H,4-5,7H2,1-2H3/t11-,12+,13?/m0/s1. The highest BCUT2D eigenvalue weighted by Gasteiger charge is 2.34. The maximum atomic E-state index is 10.8. The average Bonchev–Trinajstić information content (AvgIpc) is 2.26. The van der Waals surface area contributed by atoms with Crippen molar-refractivity contribution < 1.29 is 19.4 Å². The lowest BCUT2D eigenvalue weighted by Gasteiger charge is -2.36. The van der Waals surface area contributed by atoms with Gasteiger partial charge in [-0.1, -0.05) is 17.2 Å². The van der Waals surface area contributed by atoms with Crippen molar-refractivity contribution in [2.75, 3.05) is 6.61 Å². The molecule has 0 radical (unpaired) electrons. The van der Waals surface area contributed by atoms with Gasteiger partial charge in [0.25, 0.3) is 0 Å². The molecule has 1 heterocycles. The summed E-state index contributed by atoms with van der Waals surface area (Å²) in [6.45, 7) is 3.68. The number of carbonyl (C=O) groups is 1. The third-order valence-corrected chi connectivity index (χ3v) is 3.27. The maximum Gasteiger partial charge on any atom is 0.302 e. The zero-order chi connectivity index (χ0) is 12.4. The Balaban J connectivity index is 2.09. The van der Waals surface area contributed by atoms with Crippen LogP contribution < -0.4 is 0 Å². The molecule has 2 aliphatic rings. The van der Waals surface area contributed by atoms with Gasteiger partial charge in [0.2, 0.25) is 0 Å². The molecule has 1 aliphatic heterocycles. The van der Waals surface area contributed by atoms with E-state index in [1.165, 1.54) is 18.1 Å². The number of hydrogen-bond donors (Lipinski definition) is 1. The summed E-state index contributed by atoms with van der Waals surface area (Å²) in [5.41, 5.74) is 2.51. The molecule has 1 unspecified atom stereocenters. The molecule has 0 fully saturated rings. The molecule has 2 rings (SSSR count). The van der Waals surface area contributed by atoms with E-state index in [-0.39, 0.29) is 24.6 Å². The Kier molecular flexibility index (Phi) is 3.64. The molecule has 0 aromatic heterocycles. The third-order valence-electron chi connectivity index (χ3n) is 3.27. The van der Waals surface area contributed by atoms with Gasteiger partial charge in [0, 0.05) is 12.8 Å². The molecule has 0 saturated carbocycles. The number of hydrogen-bond acceptors (Lipinski definition) is 4. The molecule has 94 valence electrons. The van der Waals surface area contributed by atoms with Gasteiger partial charge in [-0.05, 0) is 25.8 Å². The normalized spacial score (nSPS) is 32.3. The van der Waals surface area contributed by atoms with Crippen LogP contribution in [0.1, 0.15) is 26.7 Å². The smallest absolute Gasteiger partial charge is 0.302 e. The number of ether oxygens (including phenoxy) is 2. The highest BCUT2D eigenvalue weighted by atomic mass is 16.6. The van der Waals surface area contributed by atoms with Crippen LogP contribution in [0.2, 0.25) is 0 Å². The van der Waals surface area contributed by atoms with Crippen LogP contribution in [0.3, 0.4) is 0 Å². The van der Waals surface area contributed by atoms with Crippen LogP contribution in [0.25, 0.3) is 0 Å². The number of aliphatic hydroxyl groups is 1. The van der Waals surface area contributed by atoms with Crippen LogP contribution in [0.5, 0.6) is 0 Å². The molecule has 0 spiro atoms. The van der Waals surface area contributed by atoms with Crippen molar-refractivity contribution in [2.45, 2.75) is 39.1 Å². The van der Waals surface area contributed by atoms with Crippen molar-refractivity contribution >= 4 is 5.97 Å². The van der Waals surface area contributed by atoms with Crippen LogP contribution in [0.4, 0.5) is 0 Å². The number of carbonyl (C=O) groups excluding carboxylic acids is 1. The molecule has 1 aliphatic carbocycles. The van der Waals surface area contributed by atoms with Gasteiger partial charge in [-0.2, -0.15) is 0 Å². The van der Waals surface area contributed by atoms with E-state index < -0.39 is 6.29 Å². The number of esters is 1. The first-order valence-electron chi connectivity index (χ1n) is 5.89. The summed E-state index contributed by atoms with van der Waals surface area (Å²) in [5, 5.41) is 9.59. The first kappa shape index (κ1) is 12.3. The predicted octanol–water partition coefficient (Wildman–Crippen LogP) is 1.55. The molecule has 4 nitrogen and oxygen atoms in total. The summed E-state index contributed by atoms with van der Waals surface area (Å²) in [6, 6.07) is 0.